The minimum absolute atomic E-state index is 0.157. The number of hydrogen-bond donors (Lipinski definition) is 5. The van der Waals surface area contributed by atoms with Gasteiger partial charge >= 0.3 is 5.97 Å². The Morgan fingerprint density at radius 2 is 1.30 bits per heavy atom. The predicted octanol–water partition coefficient (Wildman–Crippen LogP) is 1.52. The third-order valence-corrected chi connectivity index (χ3v) is 12.3. The standard InChI is InChI=1S/C34H52N2O10/c1-18(39)43-31-29(41)27(17-38)46-32(30(31)42)45-25(14-35-33-8-19-2-20(9-33)4-21(3-19)10-33)26(16-37)44-28(40)15-36-34-11-22-5-23(12-34)7-24(6-22)13-34/h14-15,19-32,37-38,40-42H,2-13,16-17H2,1H3/t19?,20?,21?,22?,23?,24?,25-,26+,27-,28+,29+,30-,31+,32-,33?,34?/m1/s1. The van der Waals surface area contributed by atoms with Crippen molar-refractivity contribution in [1.82, 2.24) is 0 Å². The zero-order valence-electron chi connectivity index (χ0n) is 26.8. The summed E-state index contributed by atoms with van der Waals surface area (Å²) in [5, 5.41) is 53.1. The fourth-order valence-corrected chi connectivity index (χ4v) is 11.2. The van der Waals surface area contributed by atoms with Gasteiger partial charge in [0.05, 0.1) is 30.5 Å². The molecule has 12 heteroatoms. The van der Waals surface area contributed by atoms with Gasteiger partial charge in [0, 0.05) is 13.1 Å². The smallest absolute Gasteiger partial charge is 0.303 e. The van der Waals surface area contributed by atoms with E-state index in [0.29, 0.717) is 35.5 Å². The summed E-state index contributed by atoms with van der Waals surface area (Å²) in [5.74, 6) is 3.32. The van der Waals surface area contributed by atoms with E-state index < -0.39 is 68.4 Å². The number of aliphatic hydroxyl groups excluding tert-OH is 5. The maximum absolute atomic E-state index is 11.8. The number of aliphatic imine (C=N–C) groups is 2. The second-order valence-corrected chi connectivity index (χ2v) is 16.0. The van der Waals surface area contributed by atoms with Crippen molar-refractivity contribution in [3.8, 4) is 0 Å². The van der Waals surface area contributed by atoms with Crippen LogP contribution in [0.25, 0.3) is 0 Å². The first kappa shape index (κ1) is 33.0. The first-order valence-electron chi connectivity index (χ1n) is 17.5. The molecule has 8 atom stereocenters. The summed E-state index contributed by atoms with van der Waals surface area (Å²) in [5.41, 5.74) is -0.388. The average Bonchev–Trinajstić information content (AvgIpc) is 2.99. The summed E-state index contributed by atoms with van der Waals surface area (Å²) in [6.45, 7) is 0.000680. The molecule has 8 bridgehead atoms. The lowest BCUT2D eigenvalue weighted by Gasteiger charge is -2.55. The van der Waals surface area contributed by atoms with Crippen LogP contribution in [0, 0.1) is 35.5 Å². The van der Waals surface area contributed by atoms with Crippen LogP contribution in [0.15, 0.2) is 9.98 Å². The second-order valence-electron chi connectivity index (χ2n) is 16.0. The molecule has 0 aromatic carbocycles. The van der Waals surface area contributed by atoms with Crippen LogP contribution in [-0.4, -0.2) is 117 Å². The lowest BCUT2D eigenvalue weighted by molar-refractivity contribution is -0.315. The van der Waals surface area contributed by atoms with Gasteiger partial charge in [-0.25, -0.2) is 0 Å². The van der Waals surface area contributed by atoms with Gasteiger partial charge < -0.3 is 44.5 Å². The van der Waals surface area contributed by atoms with Gasteiger partial charge in [-0.3, -0.25) is 14.8 Å². The fraction of sp³-hybridized carbons (Fsp3) is 0.912. The highest BCUT2D eigenvalue weighted by Crippen LogP contribution is 2.58. The van der Waals surface area contributed by atoms with Gasteiger partial charge in [-0.2, -0.15) is 0 Å². The minimum Gasteiger partial charge on any atom is -0.457 e. The summed E-state index contributed by atoms with van der Waals surface area (Å²) in [6, 6.07) is 0. The minimum atomic E-state index is -1.61. The molecule has 258 valence electrons. The average molecular weight is 649 g/mol. The Hall–Kier alpha value is -1.51. The van der Waals surface area contributed by atoms with E-state index in [1.807, 2.05) is 0 Å². The van der Waals surface area contributed by atoms with Gasteiger partial charge in [0.25, 0.3) is 0 Å². The van der Waals surface area contributed by atoms with Crippen LogP contribution in [0.3, 0.4) is 0 Å². The molecule has 0 aromatic rings. The normalized spacial score (nSPS) is 47.9. The molecule has 0 amide bonds. The molecule has 46 heavy (non-hydrogen) atoms. The highest BCUT2D eigenvalue weighted by molar-refractivity contribution is 5.66. The van der Waals surface area contributed by atoms with E-state index in [0.717, 1.165) is 45.4 Å². The molecule has 0 aromatic heterocycles. The van der Waals surface area contributed by atoms with Crippen LogP contribution in [0.2, 0.25) is 0 Å². The van der Waals surface area contributed by atoms with Gasteiger partial charge in [0.2, 0.25) is 0 Å². The van der Waals surface area contributed by atoms with Crippen LogP contribution >= 0.6 is 0 Å². The third-order valence-electron chi connectivity index (χ3n) is 12.3. The van der Waals surface area contributed by atoms with Gasteiger partial charge in [-0.1, -0.05) is 0 Å². The highest BCUT2D eigenvalue weighted by atomic mass is 16.7. The number of esters is 1. The van der Waals surface area contributed by atoms with Crippen molar-refractivity contribution < 1.29 is 49.3 Å². The number of hydrogen-bond acceptors (Lipinski definition) is 12. The maximum Gasteiger partial charge on any atom is 0.303 e. The van der Waals surface area contributed by atoms with Crippen molar-refractivity contribution >= 4 is 18.4 Å². The van der Waals surface area contributed by atoms with Crippen molar-refractivity contribution in [2.75, 3.05) is 13.2 Å². The van der Waals surface area contributed by atoms with E-state index in [1.54, 1.807) is 6.21 Å². The largest absolute Gasteiger partial charge is 0.457 e. The van der Waals surface area contributed by atoms with Crippen molar-refractivity contribution in [2.45, 2.75) is 144 Å². The van der Waals surface area contributed by atoms with Gasteiger partial charge in [-0.15, -0.1) is 0 Å². The Morgan fingerprint density at radius 1 is 0.826 bits per heavy atom. The van der Waals surface area contributed by atoms with Crippen molar-refractivity contribution in [1.29, 1.82) is 0 Å². The molecule has 9 rings (SSSR count). The molecular formula is C34H52N2O10. The number of carbonyl (C=O) groups excluding carboxylic acids is 1. The third kappa shape index (κ3) is 6.70. The molecule has 1 heterocycles. The van der Waals surface area contributed by atoms with Gasteiger partial charge in [-0.05, 0) is 113 Å². The Labute approximate surface area is 270 Å². The maximum atomic E-state index is 11.8. The van der Waals surface area contributed by atoms with Crippen LogP contribution in [0.4, 0.5) is 0 Å². The molecule has 0 unspecified atom stereocenters. The molecule has 1 saturated heterocycles. The van der Waals surface area contributed by atoms with Gasteiger partial charge in [0.15, 0.2) is 18.7 Å². The van der Waals surface area contributed by atoms with Gasteiger partial charge in [0.1, 0.15) is 30.5 Å². The van der Waals surface area contributed by atoms with Crippen molar-refractivity contribution in [2.24, 2.45) is 45.5 Å². The summed E-state index contributed by atoms with van der Waals surface area (Å²) in [7, 11) is 0. The summed E-state index contributed by atoms with van der Waals surface area (Å²) >= 11 is 0. The number of carbonyl (C=O) groups is 1. The SMILES string of the molecule is CC(=O)O[C@H]1[C@@H](O)[C@@H](CO)O[C@@H](O[C@H](C=NC23CC4CC(CC(C4)C2)C3)[C@H](CO)O[C@H](O)C=NC23CC4CC(CC(C4)C2)C3)[C@@H]1O. The highest BCUT2D eigenvalue weighted by Gasteiger charge is 2.53. The molecule has 8 saturated carbocycles. The molecule has 9 aliphatic rings. The van der Waals surface area contributed by atoms with E-state index in [2.05, 4.69) is 0 Å². The quantitative estimate of drug-likeness (QED) is 0.118. The molecule has 12 nitrogen and oxygen atoms in total. The second kappa shape index (κ2) is 13.1. The van der Waals surface area contributed by atoms with E-state index >= 15 is 0 Å². The van der Waals surface area contributed by atoms with Crippen molar-refractivity contribution in [3.05, 3.63) is 0 Å². The first-order chi connectivity index (χ1) is 22.0. The van der Waals surface area contributed by atoms with Crippen LogP contribution < -0.4 is 0 Å². The van der Waals surface area contributed by atoms with E-state index in [-0.39, 0.29) is 11.1 Å². The summed E-state index contributed by atoms with van der Waals surface area (Å²) < 4.78 is 23.1. The Balaban J connectivity index is 1.10. The zero-order chi connectivity index (χ0) is 32.2. The number of aliphatic hydroxyl groups is 5. The number of nitrogens with zero attached hydrogens (tertiary/aromatic N) is 2. The Bertz CT molecular complexity index is 1090. The molecule has 5 N–H and O–H groups in total. The predicted molar refractivity (Wildman–Crippen MR) is 165 cm³/mol. The Morgan fingerprint density at radius 3 is 1.74 bits per heavy atom. The van der Waals surface area contributed by atoms with Crippen molar-refractivity contribution in [3.63, 3.8) is 0 Å². The lowest BCUT2D eigenvalue weighted by atomic mass is 9.53. The summed E-state index contributed by atoms with van der Waals surface area (Å²) in [6.07, 6.45) is 5.91. The molecule has 0 spiro atoms. The van der Waals surface area contributed by atoms with E-state index in [1.165, 1.54) is 44.7 Å². The van der Waals surface area contributed by atoms with Crippen LogP contribution in [0.1, 0.15) is 84.0 Å². The molecular weight excluding hydrogens is 596 g/mol. The topological polar surface area (TPSA) is 180 Å². The van der Waals surface area contributed by atoms with E-state index in [9.17, 15) is 30.3 Å². The fourth-order valence-electron chi connectivity index (χ4n) is 11.2. The zero-order valence-corrected chi connectivity index (χ0v) is 26.8. The lowest BCUT2D eigenvalue weighted by Crippen LogP contribution is -2.61. The van der Waals surface area contributed by atoms with Crippen LogP contribution in [0.5, 0.6) is 0 Å². The van der Waals surface area contributed by atoms with Crippen LogP contribution in [-0.2, 0) is 23.7 Å². The molecule has 8 aliphatic carbocycles. The number of rotatable bonds is 12. The molecule has 9 fully saturated rings. The first-order valence-corrected chi connectivity index (χ1v) is 17.5. The molecule has 1 aliphatic heterocycles. The number of ether oxygens (including phenoxy) is 4. The van der Waals surface area contributed by atoms with E-state index in [4.69, 9.17) is 28.9 Å². The monoisotopic (exact) mass is 648 g/mol. The molecule has 0 radical (unpaired) electrons. The summed E-state index contributed by atoms with van der Waals surface area (Å²) in [4.78, 5) is 21.8. The Kier molecular flexibility index (Phi) is 9.38.